The summed E-state index contributed by atoms with van der Waals surface area (Å²) in [4.78, 5) is 11.6. The number of hydrogen-bond donors (Lipinski definition) is 1. The Balaban J connectivity index is 1.90. The maximum Gasteiger partial charge on any atom is 0.315 e. The third kappa shape index (κ3) is 4.84. The highest BCUT2D eigenvalue weighted by Gasteiger charge is 2.45. The molecule has 5 nitrogen and oxygen atoms in total. The summed E-state index contributed by atoms with van der Waals surface area (Å²) in [6.07, 6.45) is 3.92. The Morgan fingerprint density at radius 1 is 1.38 bits per heavy atom. The van der Waals surface area contributed by atoms with Crippen LogP contribution in [0.4, 0.5) is 0 Å². The van der Waals surface area contributed by atoms with Crippen LogP contribution in [0.25, 0.3) is 0 Å². The Labute approximate surface area is 131 Å². The summed E-state index contributed by atoms with van der Waals surface area (Å²) >= 11 is 1.67. The molecule has 1 saturated carbocycles. The standard InChI is InChI=1S/C15H27NO4S/c1-3-7-16-12-5-6-15(19-8-9-20-15)10-13(12)21-11-14(17)18-4-2/h12-13,16H,3-11H2,1-2H3. The van der Waals surface area contributed by atoms with Crippen LogP contribution in [-0.2, 0) is 19.0 Å². The fraction of sp³-hybridized carbons (Fsp3) is 0.933. The number of esters is 1. The first-order chi connectivity index (χ1) is 10.2. The third-order valence-corrected chi connectivity index (χ3v) is 5.31. The van der Waals surface area contributed by atoms with Gasteiger partial charge < -0.3 is 19.5 Å². The van der Waals surface area contributed by atoms with Crippen molar-refractivity contribution in [1.82, 2.24) is 5.32 Å². The second-order valence-electron chi connectivity index (χ2n) is 5.57. The molecule has 2 rings (SSSR count). The summed E-state index contributed by atoms with van der Waals surface area (Å²) in [6.45, 7) is 6.82. The van der Waals surface area contributed by atoms with Crippen LogP contribution in [0.15, 0.2) is 0 Å². The second-order valence-corrected chi connectivity index (χ2v) is 6.79. The molecule has 1 N–H and O–H groups in total. The zero-order chi connectivity index (χ0) is 15.1. The fourth-order valence-corrected chi connectivity index (χ4v) is 4.26. The van der Waals surface area contributed by atoms with Gasteiger partial charge in [-0.25, -0.2) is 0 Å². The van der Waals surface area contributed by atoms with Crippen molar-refractivity contribution in [2.24, 2.45) is 0 Å². The molecule has 2 aliphatic rings. The zero-order valence-corrected chi connectivity index (χ0v) is 13.9. The van der Waals surface area contributed by atoms with Crippen molar-refractivity contribution < 1.29 is 19.0 Å². The van der Waals surface area contributed by atoms with Crippen LogP contribution in [0.5, 0.6) is 0 Å². The van der Waals surface area contributed by atoms with Crippen LogP contribution in [0.1, 0.15) is 39.5 Å². The first-order valence-electron chi connectivity index (χ1n) is 7.97. The third-order valence-electron chi connectivity index (χ3n) is 3.99. The number of nitrogens with one attached hydrogen (secondary N) is 1. The van der Waals surface area contributed by atoms with Crippen LogP contribution >= 0.6 is 11.8 Å². The van der Waals surface area contributed by atoms with E-state index in [0.717, 1.165) is 32.2 Å². The number of carbonyl (C=O) groups is 1. The molecule has 1 aliphatic heterocycles. The topological polar surface area (TPSA) is 56.8 Å². The van der Waals surface area contributed by atoms with E-state index in [-0.39, 0.29) is 5.97 Å². The first-order valence-corrected chi connectivity index (χ1v) is 9.02. The van der Waals surface area contributed by atoms with Crippen molar-refractivity contribution in [2.75, 3.05) is 32.1 Å². The van der Waals surface area contributed by atoms with Crippen LogP contribution in [0.3, 0.4) is 0 Å². The molecule has 1 aliphatic carbocycles. The van der Waals surface area contributed by atoms with Crippen LogP contribution in [-0.4, -0.2) is 55.2 Å². The van der Waals surface area contributed by atoms with E-state index in [1.54, 1.807) is 11.8 Å². The summed E-state index contributed by atoms with van der Waals surface area (Å²) in [7, 11) is 0. The van der Waals surface area contributed by atoms with Gasteiger partial charge in [-0.05, 0) is 26.3 Å². The Kier molecular flexibility index (Phi) is 6.79. The summed E-state index contributed by atoms with van der Waals surface area (Å²) in [5.74, 6) is -0.139. The van der Waals surface area contributed by atoms with E-state index in [9.17, 15) is 4.79 Å². The number of hydrogen-bond acceptors (Lipinski definition) is 6. The normalized spacial score (nSPS) is 27.9. The molecule has 0 aromatic heterocycles. The van der Waals surface area contributed by atoms with E-state index >= 15 is 0 Å². The van der Waals surface area contributed by atoms with Crippen molar-refractivity contribution in [3.05, 3.63) is 0 Å². The minimum Gasteiger partial charge on any atom is -0.465 e. The van der Waals surface area contributed by atoms with Gasteiger partial charge in [-0.2, -0.15) is 0 Å². The lowest BCUT2D eigenvalue weighted by Gasteiger charge is -2.41. The molecule has 6 heteroatoms. The highest BCUT2D eigenvalue weighted by Crippen LogP contribution is 2.40. The van der Waals surface area contributed by atoms with E-state index in [0.29, 0.717) is 36.9 Å². The Bertz CT molecular complexity index is 334. The molecule has 21 heavy (non-hydrogen) atoms. The average molecular weight is 317 g/mol. The minimum absolute atomic E-state index is 0.135. The lowest BCUT2D eigenvalue weighted by Crippen LogP contribution is -2.50. The lowest BCUT2D eigenvalue weighted by molar-refractivity contribution is -0.178. The number of ether oxygens (including phenoxy) is 3. The minimum atomic E-state index is -0.406. The highest BCUT2D eigenvalue weighted by atomic mass is 32.2. The molecule has 0 bridgehead atoms. The molecule has 2 unspecified atom stereocenters. The molecule has 0 radical (unpaired) electrons. The van der Waals surface area contributed by atoms with Gasteiger partial charge >= 0.3 is 5.97 Å². The van der Waals surface area contributed by atoms with Gasteiger partial charge in [0.05, 0.1) is 25.6 Å². The van der Waals surface area contributed by atoms with Crippen molar-refractivity contribution in [1.29, 1.82) is 0 Å². The van der Waals surface area contributed by atoms with Gasteiger partial charge in [0.15, 0.2) is 5.79 Å². The number of rotatable bonds is 7. The van der Waals surface area contributed by atoms with E-state index in [4.69, 9.17) is 14.2 Å². The van der Waals surface area contributed by atoms with Gasteiger partial charge in [-0.1, -0.05) is 6.92 Å². The Morgan fingerprint density at radius 3 is 2.81 bits per heavy atom. The lowest BCUT2D eigenvalue weighted by atomic mass is 9.89. The van der Waals surface area contributed by atoms with Gasteiger partial charge in [-0.3, -0.25) is 4.79 Å². The van der Waals surface area contributed by atoms with Gasteiger partial charge in [-0.15, -0.1) is 11.8 Å². The Morgan fingerprint density at radius 2 is 2.14 bits per heavy atom. The van der Waals surface area contributed by atoms with Gasteiger partial charge in [0, 0.05) is 24.1 Å². The molecule has 2 fully saturated rings. The van der Waals surface area contributed by atoms with Crippen molar-refractivity contribution in [3.63, 3.8) is 0 Å². The summed E-state index contributed by atoms with van der Waals surface area (Å²) in [5, 5.41) is 3.93. The molecule has 0 amide bonds. The molecule has 2 atom stereocenters. The molecular weight excluding hydrogens is 290 g/mol. The van der Waals surface area contributed by atoms with Crippen molar-refractivity contribution in [3.8, 4) is 0 Å². The monoisotopic (exact) mass is 317 g/mol. The van der Waals surface area contributed by atoms with Gasteiger partial charge in [0.2, 0.25) is 0 Å². The highest BCUT2D eigenvalue weighted by molar-refractivity contribution is 8.00. The second kappa shape index (κ2) is 8.36. The van der Waals surface area contributed by atoms with Crippen LogP contribution in [0.2, 0.25) is 0 Å². The van der Waals surface area contributed by atoms with Crippen LogP contribution < -0.4 is 5.32 Å². The van der Waals surface area contributed by atoms with E-state index in [2.05, 4.69) is 12.2 Å². The molecular formula is C15H27NO4S. The Hall–Kier alpha value is -0.300. The summed E-state index contributed by atoms with van der Waals surface area (Å²) in [6, 6.07) is 0.419. The molecule has 0 aromatic rings. The maximum atomic E-state index is 11.6. The SMILES string of the molecule is CCCNC1CCC2(CC1SCC(=O)OCC)OCCO2. The van der Waals surface area contributed by atoms with E-state index in [1.165, 1.54) is 0 Å². The maximum absolute atomic E-state index is 11.6. The van der Waals surface area contributed by atoms with Gasteiger partial charge in [0.1, 0.15) is 0 Å². The van der Waals surface area contributed by atoms with Crippen molar-refractivity contribution >= 4 is 17.7 Å². The van der Waals surface area contributed by atoms with E-state index < -0.39 is 5.79 Å². The average Bonchev–Trinajstić information content (AvgIpc) is 2.93. The molecule has 0 aromatic carbocycles. The zero-order valence-electron chi connectivity index (χ0n) is 13.1. The number of thioether (sulfide) groups is 1. The fourth-order valence-electron chi connectivity index (χ4n) is 2.99. The smallest absolute Gasteiger partial charge is 0.315 e. The van der Waals surface area contributed by atoms with Crippen LogP contribution in [0, 0.1) is 0 Å². The van der Waals surface area contributed by atoms with E-state index in [1.807, 2.05) is 6.92 Å². The first kappa shape index (κ1) is 17.1. The molecule has 1 spiro atoms. The summed E-state index contributed by atoms with van der Waals surface area (Å²) < 4.78 is 16.7. The quantitative estimate of drug-likeness (QED) is 0.724. The van der Waals surface area contributed by atoms with Crippen molar-refractivity contribution in [2.45, 2.75) is 56.6 Å². The molecule has 1 heterocycles. The largest absolute Gasteiger partial charge is 0.465 e. The molecule has 122 valence electrons. The molecule has 1 saturated heterocycles. The summed E-state index contributed by atoms with van der Waals surface area (Å²) in [5.41, 5.74) is 0. The predicted molar refractivity (Wildman–Crippen MR) is 83.4 cm³/mol. The predicted octanol–water partition coefficient (Wildman–Crippen LogP) is 1.95. The number of carbonyl (C=O) groups excluding carboxylic acids is 1. The van der Waals surface area contributed by atoms with Gasteiger partial charge in [0.25, 0.3) is 0 Å².